The molecule has 0 saturated heterocycles. The fourth-order valence-corrected chi connectivity index (χ4v) is 9.05. The van der Waals surface area contributed by atoms with E-state index < -0.39 is 8.07 Å². The number of hydrogen-bond donors (Lipinski definition) is 0. The van der Waals surface area contributed by atoms with Gasteiger partial charge < -0.3 is 0 Å². The summed E-state index contributed by atoms with van der Waals surface area (Å²) < 4.78 is 0. The Morgan fingerprint density at radius 3 is 2.47 bits per heavy atom. The van der Waals surface area contributed by atoms with Gasteiger partial charge >= 0.3 is 0 Å². The molecule has 0 aromatic heterocycles. The van der Waals surface area contributed by atoms with Gasteiger partial charge in [-0.1, -0.05) is 87.5 Å². The van der Waals surface area contributed by atoms with Gasteiger partial charge in [0.25, 0.3) is 0 Å². The van der Waals surface area contributed by atoms with Gasteiger partial charge in [-0.2, -0.15) is 0 Å². The van der Waals surface area contributed by atoms with Gasteiger partial charge in [-0.05, 0) is 23.4 Å². The molecule has 0 heterocycles. The smallest absolute Gasteiger partial charge is 0.0551 e. The molecular weight excluding hydrogens is 244 g/mol. The van der Waals surface area contributed by atoms with Gasteiger partial charge in [-0.25, -0.2) is 0 Å². The van der Waals surface area contributed by atoms with Crippen LogP contribution >= 0.6 is 0 Å². The van der Waals surface area contributed by atoms with Gasteiger partial charge in [0.2, 0.25) is 0 Å². The van der Waals surface area contributed by atoms with E-state index in [0.29, 0.717) is 0 Å². The highest BCUT2D eigenvalue weighted by atomic mass is 28.3. The van der Waals surface area contributed by atoms with Gasteiger partial charge in [-0.3, -0.25) is 0 Å². The topological polar surface area (TPSA) is 0 Å². The standard InChI is InChI=1S/C18H28Si/c1-19(2,14-15-8-4-3-5-9-15)18-13-12-16-10-6-7-11-17(16)18/h3-5,8-9,16-18H,6-7,10-14H2,1-2H3. The van der Waals surface area contributed by atoms with Crippen LogP contribution in [0.1, 0.15) is 44.1 Å². The Bertz CT molecular complexity index is 409. The number of hydrogen-bond acceptors (Lipinski definition) is 0. The molecule has 19 heavy (non-hydrogen) atoms. The van der Waals surface area contributed by atoms with E-state index in [1.54, 1.807) is 24.8 Å². The fraction of sp³-hybridized carbons (Fsp3) is 0.667. The van der Waals surface area contributed by atoms with Crippen LogP contribution in [0.3, 0.4) is 0 Å². The Balaban J connectivity index is 1.73. The molecule has 3 atom stereocenters. The first-order valence-corrected chi connectivity index (χ1v) is 11.5. The first kappa shape index (κ1) is 13.4. The molecular formula is C18H28Si. The van der Waals surface area contributed by atoms with Crippen molar-refractivity contribution in [2.24, 2.45) is 11.8 Å². The Labute approximate surface area is 119 Å². The normalized spacial score (nSPS) is 31.2. The van der Waals surface area contributed by atoms with E-state index in [-0.39, 0.29) is 0 Å². The number of benzene rings is 1. The van der Waals surface area contributed by atoms with E-state index in [1.807, 2.05) is 0 Å². The maximum atomic E-state index is 2.65. The van der Waals surface area contributed by atoms with Crippen LogP contribution in [0.25, 0.3) is 0 Å². The molecule has 1 aromatic rings. The molecule has 0 amide bonds. The van der Waals surface area contributed by atoms with Crippen molar-refractivity contribution in [1.82, 2.24) is 0 Å². The highest BCUT2D eigenvalue weighted by Gasteiger charge is 2.45. The molecule has 0 N–H and O–H groups in total. The Hall–Kier alpha value is -0.563. The third kappa shape index (κ3) is 2.81. The summed E-state index contributed by atoms with van der Waals surface area (Å²) in [5.74, 6) is 2.19. The zero-order valence-corrected chi connectivity index (χ0v) is 13.6. The molecule has 2 aliphatic rings. The first-order valence-electron chi connectivity index (χ1n) is 8.21. The molecule has 3 rings (SSSR count). The monoisotopic (exact) mass is 272 g/mol. The zero-order valence-electron chi connectivity index (χ0n) is 12.6. The lowest BCUT2D eigenvalue weighted by atomic mass is 9.82. The lowest BCUT2D eigenvalue weighted by molar-refractivity contribution is 0.274. The molecule has 3 unspecified atom stereocenters. The van der Waals surface area contributed by atoms with E-state index in [1.165, 1.54) is 25.3 Å². The Morgan fingerprint density at radius 2 is 1.68 bits per heavy atom. The Morgan fingerprint density at radius 1 is 0.947 bits per heavy atom. The lowest BCUT2D eigenvalue weighted by Gasteiger charge is -2.38. The third-order valence-electron chi connectivity index (χ3n) is 5.84. The van der Waals surface area contributed by atoms with Gasteiger partial charge in [0.15, 0.2) is 0 Å². The van der Waals surface area contributed by atoms with Gasteiger partial charge in [0, 0.05) is 0 Å². The summed E-state index contributed by atoms with van der Waals surface area (Å²) in [6.45, 7) is 5.31. The summed E-state index contributed by atoms with van der Waals surface area (Å²) in [5.41, 5.74) is 2.68. The van der Waals surface area contributed by atoms with Crippen LogP contribution in [0.4, 0.5) is 0 Å². The summed E-state index contributed by atoms with van der Waals surface area (Å²) in [7, 11) is -1.12. The minimum atomic E-state index is -1.12. The number of fused-ring (bicyclic) bond motifs is 1. The molecule has 2 saturated carbocycles. The average molecular weight is 273 g/mol. The van der Waals surface area contributed by atoms with Crippen LogP contribution < -0.4 is 0 Å². The molecule has 0 radical (unpaired) electrons. The molecule has 2 aliphatic carbocycles. The molecule has 2 fully saturated rings. The van der Waals surface area contributed by atoms with E-state index in [0.717, 1.165) is 17.4 Å². The highest BCUT2D eigenvalue weighted by Crippen LogP contribution is 2.53. The quantitative estimate of drug-likeness (QED) is 0.642. The van der Waals surface area contributed by atoms with Crippen molar-refractivity contribution in [2.75, 3.05) is 0 Å². The van der Waals surface area contributed by atoms with Gasteiger partial charge in [0.05, 0.1) is 8.07 Å². The van der Waals surface area contributed by atoms with Gasteiger partial charge in [0.1, 0.15) is 0 Å². The lowest BCUT2D eigenvalue weighted by Crippen LogP contribution is -2.39. The van der Waals surface area contributed by atoms with Crippen LogP contribution in [-0.4, -0.2) is 8.07 Å². The van der Waals surface area contributed by atoms with Crippen molar-refractivity contribution >= 4 is 8.07 Å². The first-order chi connectivity index (χ1) is 9.17. The molecule has 0 bridgehead atoms. The van der Waals surface area contributed by atoms with Crippen LogP contribution in [-0.2, 0) is 6.04 Å². The van der Waals surface area contributed by atoms with Crippen LogP contribution in [0.15, 0.2) is 30.3 Å². The molecule has 1 heteroatoms. The maximum absolute atomic E-state index is 2.65. The molecule has 0 spiro atoms. The van der Waals surface area contributed by atoms with Crippen LogP contribution in [0, 0.1) is 11.8 Å². The minimum Gasteiger partial charge on any atom is -0.0689 e. The second-order valence-electron chi connectivity index (χ2n) is 7.54. The molecule has 104 valence electrons. The maximum Gasteiger partial charge on any atom is 0.0551 e. The summed E-state index contributed by atoms with van der Waals surface area (Å²) >= 11 is 0. The second kappa shape index (κ2) is 5.44. The van der Waals surface area contributed by atoms with Crippen LogP contribution in [0.5, 0.6) is 0 Å². The summed E-state index contributed by atoms with van der Waals surface area (Å²) in [5, 5.41) is 0. The second-order valence-corrected chi connectivity index (χ2v) is 12.6. The van der Waals surface area contributed by atoms with E-state index in [9.17, 15) is 0 Å². The molecule has 1 aromatic carbocycles. The van der Waals surface area contributed by atoms with Crippen molar-refractivity contribution in [3.63, 3.8) is 0 Å². The van der Waals surface area contributed by atoms with E-state index in [4.69, 9.17) is 0 Å². The SMILES string of the molecule is C[Si](C)(Cc1ccccc1)C1CCC2CCCCC21. The fourth-order valence-electron chi connectivity index (χ4n) is 4.96. The predicted molar refractivity (Wildman–Crippen MR) is 86.1 cm³/mol. The number of rotatable bonds is 3. The van der Waals surface area contributed by atoms with Crippen LogP contribution in [0.2, 0.25) is 18.6 Å². The van der Waals surface area contributed by atoms with Crippen molar-refractivity contribution in [3.05, 3.63) is 35.9 Å². The largest absolute Gasteiger partial charge is 0.0689 e. The summed E-state index contributed by atoms with van der Waals surface area (Å²) in [4.78, 5) is 0. The predicted octanol–water partition coefficient (Wildman–Crippen LogP) is 5.45. The minimum absolute atomic E-state index is 1.10. The zero-order chi connectivity index (χ0) is 13.3. The van der Waals surface area contributed by atoms with Gasteiger partial charge in [-0.15, -0.1) is 0 Å². The average Bonchev–Trinajstić information content (AvgIpc) is 2.84. The molecule has 0 aliphatic heterocycles. The van der Waals surface area contributed by atoms with E-state index >= 15 is 0 Å². The van der Waals surface area contributed by atoms with E-state index in [2.05, 4.69) is 43.4 Å². The highest BCUT2D eigenvalue weighted by molar-refractivity contribution is 6.78. The Kier molecular flexibility index (Phi) is 3.84. The van der Waals surface area contributed by atoms with Crippen molar-refractivity contribution < 1.29 is 0 Å². The third-order valence-corrected chi connectivity index (χ3v) is 9.88. The molecule has 0 nitrogen and oxygen atoms in total. The van der Waals surface area contributed by atoms with Crippen molar-refractivity contribution in [3.8, 4) is 0 Å². The summed E-state index contributed by atoms with van der Waals surface area (Å²) in [6.07, 6.45) is 9.18. The summed E-state index contributed by atoms with van der Waals surface area (Å²) in [6, 6.07) is 12.6. The van der Waals surface area contributed by atoms with Crippen molar-refractivity contribution in [2.45, 2.75) is 63.2 Å². The van der Waals surface area contributed by atoms with Crippen molar-refractivity contribution in [1.29, 1.82) is 0 Å².